The third-order valence-electron chi connectivity index (χ3n) is 1.89. The summed E-state index contributed by atoms with van der Waals surface area (Å²) in [4.78, 5) is 0.938. The summed E-state index contributed by atoms with van der Waals surface area (Å²) < 4.78 is 0. The molecule has 0 heterocycles. The number of hydrogen-bond acceptors (Lipinski definition) is 2. The largest absolute Gasteiger partial charge is 0.396 e. The lowest BCUT2D eigenvalue weighted by molar-refractivity contribution is 0.250. The second-order valence-corrected chi connectivity index (χ2v) is 4.11. The lowest BCUT2D eigenvalue weighted by Gasteiger charge is -2.13. The Kier molecular flexibility index (Phi) is 5.69. The van der Waals surface area contributed by atoms with Crippen LogP contribution in [0.5, 0.6) is 0 Å². The van der Waals surface area contributed by atoms with E-state index in [0.717, 1.165) is 17.7 Å². The second-order valence-electron chi connectivity index (χ2n) is 3.46. The molecule has 11 heavy (non-hydrogen) atoms. The summed E-state index contributed by atoms with van der Waals surface area (Å²) >= 11 is 5.01. The quantitative estimate of drug-likeness (QED) is 0.646. The van der Waals surface area contributed by atoms with Gasteiger partial charge in [0.15, 0.2) is 0 Å². The van der Waals surface area contributed by atoms with Gasteiger partial charge in [-0.1, -0.05) is 32.5 Å². The average Bonchev–Trinajstić information content (AvgIpc) is 1.87. The number of hydrogen-bond donors (Lipinski definition) is 1. The zero-order chi connectivity index (χ0) is 8.85. The first-order valence-electron chi connectivity index (χ1n) is 4.19. The van der Waals surface area contributed by atoms with E-state index in [-0.39, 0.29) is 12.5 Å². The van der Waals surface area contributed by atoms with Gasteiger partial charge in [0.1, 0.15) is 0 Å². The molecule has 0 aliphatic rings. The fraction of sp³-hybridized carbons (Fsp3) is 0.889. The monoisotopic (exact) mass is 174 g/mol. The van der Waals surface area contributed by atoms with Gasteiger partial charge in [-0.05, 0) is 24.1 Å². The molecule has 0 spiro atoms. The molecule has 0 aromatic carbocycles. The zero-order valence-corrected chi connectivity index (χ0v) is 8.45. The highest BCUT2D eigenvalue weighted by molar-refractivity contribution is 7.80. The van der Waals surface area contributed by atoms with Crippen LogP contribution in [0.1, 0.15) is 33.6 Å². The van der Waals surface area contributed by atoms with Gasteiger partial charge in [0, 0.05) is 5.92 Å². The van der Waals surface area contributed by atoms with Gasteiger partial charge in [-0.15, -0.1) is 0 Å². The minimum Gasteiger partial charge on any atom is -0.396 e. The van der Waals surface area contributed by atoms with Crippen molar-refractivity contribution in [1.82, 2.24) is 0 Å². The van der Waals surface area contributed by atoms with Gasteiger partial charge in [0.05, 0.1) is 6.61 Å². The third kappa shape index (κ3) is 5.33. The number of rotatable bonds is 5. The predicted molar refractivity (Wildman–Crippen MR) is 52.9 cm³/mol. The van der Waals surface area contributed by atoms with E-state index in [1.807, 2.05) is 6.92 Å². The van der Waals surface area contributed by atoms with Gasteiger partial charge in [0.2, 0.25) is 0 Å². The van der Waals surface area contributed by atoms with E-state index >= 15 is 0 Å². The fourth-order valence-corrected chi connectivity index (χ4v) is 1.15. The maximum atomic E-state index is 8.92. The molecule has 0 unspecified atom stereocenters. The van der Waals surface area contributed by atoms with Crippen molar-refractivity contribution in [3.63, 3.8) is 0 Å². The maximum absolute atomic E-state index is 8.92. The Bertz CT molecular complexity index is 121. The smallest absolute Gasteiger partial charge is 0.0504 e. The van der Waals surface area contributed by atoms with Crippen LogP contribution in [0.2, 0.25) is 0 Å². The number of aliphatic hydroxyl groups excluding tert-OH is 1. The fourth-order valence-electron chi connectivity index (χ4n) is 0.958. The van der Waals surface area contributed by atoms with Crippen LogP contribution in [-0.2, 0) is 0 Å². The van der Waals surface area contributed by atoms with Gasteiger partial charge < -0.3 is 5.11 Å². The van der Waals surface area contributed by atoms with Crippen molar-refractivity contribution in [3.05, 3.63) is 0 Å². The standard InChI is InChI=1S/C9H18OS/c1-7(2)4-5-9(6-10)8(3)11/h7,9-10H,4-6H2,1-3H3/t9-/m0/s1. The van der Waals surface area contributed by atoms with Crippen molar-refractivity contribution in [2.24, 2.45) is 11.8 Å². The van der Waals surface area contributed by atoms with Crippen LogP contribution in [0.25, 0.3) is 0 Å². The summed E-state index contributed by atoms with van der Waals surface area (Å²) in [7, 11) is 0. The van der Waals surface area contributed by atoms with E-state index in [1.165, 1.54) is 0 Å². The molecule has 2 heteroatoms. The van der Waals surface area contributed by atoms with E-state index in [1.54, 1.807) is 0 Å². The molecule has 1 nitrogen and oxygen atoms in total. The summed E-state index contributed by atoms with van der Waals surface area (Å²) in [6.45, 7) is 6.50. The van der Waals surface area contributed by atoms with Crippen LogP contribution in [0.3, 0.4) is 0 Å². The van der Waals surface area contributed by atoms with Crippen LogP contribution in [0.15, 0.2) is 0 Å². The lowest BCUT2D eigenvalue weighted by Crippen LogP contribution is -2.14. The van der Waals surface area contributed by atoms with E-state index in [9.17, 15) is 0 Å². The Morgan fingerprint density at radius 2 is 1.91 bits per heavy atom. The Morgan fingerprint density at radius 1 is 1.36 bits per heavy atom. The first-order valence-corrected chi connectivity index (χ1v) is 4.60. The Labute approximate surface area is 74.8 Å². The van der Waals surface area contributed by atoms with Gasteiger partial charge in [0.25, 0.3) is 0 Å². The van der Waals surface area contributed by atoms with Crippen LogP contribution < -0.4 is 0 Å². The molecular formula is C9H18OS. The van der Waals surface area contributed by atoms with Crippen LogP contribution >= 0.6 is 12.2 Å². The average molecular weight is 174 g/mol. The second kappa shape index (κ2) is 5.67. The molecule has 0 aromatic heterocycles. The normalized spacial score (nSPS) is 13.5. The molecule has 1 atom stereocenters. The highest BCUT2D eigenvalue weighted by Crippen LogP contribution is 2.13. The van der Waals surface area contributed by atoms with Crippen LogP contribution in [-0.4, -0.2) is 16.6 Å². The summed E-state index contributed by atoms with van der Waals surface area (Å²) in [5, 5.41) is 8.92. The highest BCUT2D eigenvalue weighted by Gasteiger charge is 2.09. The van der Waals surface area contributed by atoms with Gasteiger partial charge in [-0.25, -0.2) is 0 Å². The highest BCUT2D eigenvalue weighted by atomic mass is 32.1. The van der Waals surface area contributed by atoms with E-state index in [2.05, 4.69) is 13.8 Å². The lowest BCUT2D eigenvalue weighted by atomic mass is 9.96. The first-order chi connectivity index (χ1) is 5.07. The maximum Gasteiger partial charge on any atom is 0.0504 e. The van der Waals surface area contributed by atoms with Gasteiger partial charge in [-0.3, -0.25) is 0 Å². The van der Waals surface area contributed by atoms with Crippen molar-refractivity contribution in [2.75, 3.05) is 6.61 Å². The van der Waals surface area contributed by atoms with Crippen molar-refractivity contribution >= 4 is 17.1 Å². The molecule has 0 saturated carbocycles. The molecule has 66 valence electrons. The molecule has 0 fully saturated rings. The Balaban J connectivity index is 3.61. The molecular weight excluding hydrogens is 156 g/mol. The summed E-state index contributed by atoms with van der Waals surface area (Å²) in [6.07, 6.45) is 2.18. The van der Waals surface area contributed by atoms with Crippen molar-refractivity contribution in [2.45, 2.75) is 33.6 Å². The molecule has 0 rings (SSSR count). The van der Waals surface area contributed by atoms with Gasteiger partial charge >= 0.3 is 0 Å². The molecule has 0 aliphatic heterocycles. The van der Waals surface area contributed by atoms with Gasteiger partial charge in [-0.2, -0.15) is 0 Å². The Morgan fingerprint density at radius 3 is 2.18 bits per heavy atom. The first kappa shape index (κ1) is 11.1. The minimum atomic E-state index is 0.210. The Hall–Kier alpha value is 0.0500. The van der Waals surface area contributed by atoms with Crippen LogP contribution in [0, 0.1) is 11.8 Å². The topological polar surface area (TPSA) is 20.2 Å². The van der Waals surface area contributed by atoms with Crippen molar-refractivity contribution in [1.29, 1.82) is 0 Å². The SMILES string of the molecule is CC(=S)[C@H](CO)CCC(C)C. The summed E-state index contributed by atoms with van der Waals surface area (Å²) in [5.41, 5.74) is 0. The molecule has 0 amide bonds. The summed E-state index contributed by atoms with van der Waals surface area (Å²) in [5.74, 6) is 0.950. The molecule has 0 saturated heterocycles. The van der Waals surface area contributed by atoms with E-state index in [4.69, 9.17) is 17.3 Å². The minimum absolute atomic E-state index is 0.210. The van der Waals surface area contributed by atoms with E-state index in [0.29, 0.717) is 5.92 Å². The molecule has 0 aliphatic carbocycles. The third-order valence-corrected chi connectivity index (χ3v) is 2.22. The molecule has 1 N–H and O–H groups in total. The zero-order valence-electron chi connectivity index (χ0n) is 7.63. The number of aliphatic hydroxyl groups is 1. The van der Waals surface area contributed by atoms with Crippen LogP contribution in [0.4, 0.5) is 0 Å². The molecule has 0 bridgehead atoms. The van der Waals surface area contributed by atoms with Crippen molar-refractivity contribution < 1.29 is 5.11 Å². The predicted octanol–water partition coefficient (Wildman–Crippen LogP) is 2.42. The summed E-state index contributed by atoms with van der Waals surface area (Å²) in [6, 6.07) is 0. The molecule has 0 radical (unpaired) electrons. The van der Waals surface area contributed by atoms with Crippen molar-refractivity contribution in [3.8, 4) is 0 Å². The van der Waals surface area contributed by atoms with E-state index < -0.39 is 0 Å². The molecule has 0 aromatic rings. The number of thiocarbonyl (C=S) groups is 1.